The van der Waals surface area contributed by atoms with Crippen molar-refractivity contribution in [1.82, 2.24) is 10.6 Å². The maximum Gasteiger partial charge on any atom is 0.224 e. The fraction of sp³-hybridized carbons (Fsp3) is 0.562. The zero-order valence-corrected chi connectivity index (χ0v) is 12.5. The monoisotopic (exact) mass is 276 g/mol. The molecule has 2 atom stereocenters. The van der Waals surface area contributed by atoms with Gasteiger partial charge < -0.3 is 15.7 Å². The number of hydrogen-bond donors (Lipinski definition) is 3. The number of aliphatic hydroxyl groups excluding tert-OH is 1. The van der Waals surface area contributed by atoms with Gasteiger partial charge in [-0.1, -0.05) is 17.7 Å². The second-order valence-corrected chi connectivity index (χ2v) is 5.79. The van der Waals surface area contributed by atoms with Crippen molar-refractivity contribution in [3.63, 3.8) is 0 Å². The minimum Gasteiger partial charge on any atom is -0.390 e. The fourth-order valence-electron chi connectivity index (χ4n) is 2.92. The van der Waals surface area contributed by atoms with Crippen molar-refractivity contribution in [3.05, 3.63) is 34.4 Å². The average Bonchev–Trinajstić information content (AvgIpc) is 2.36. The molecule has 0 spiro atoms. The van der Waals surface area contributed by atoms with Crippen LogP contribution >= 0.6 is 0 Å². The van der Waals surface area contributed by atoms with E-state index in [0.717, 1.165) is 29.7 Å². The first kappa shape index (κ1) is 15.0. The molecule has 0 aromatic heterocycles. The van der Waals surface area contributed by atoms with Gasteiger partial charge in [-0.25, -0.2) is 0 Å². The van der Waals surface area contributed by atoms with Crippen molar-refractivity contribution in [2.45, 2.75) is 45.8 Å². The molecule has 20 heavy (non-hydrogen) atoms. The summed E-state index contributed by atoms with van der Waals surface area (Å²) in [5.41, 5.74) is 4.63. The van der Waals surface area contributed by atoms with Crippen LogP contribution in [0.3, 0.4) is 0 Å². The van der Waals surface area contributed by atoms with Crippen molar-refractivity contribution in [2.75, 3.05) is 13.1 Å². The van der Waals surface area contributed by atoms with Gasteiger partial charge in [0.15, 0.2) is 0 Å². The molecule has 4 nitrogen and oxygen atoms in total. The van der Waals surface area contributed by atoms with E-state index < -0.39 is 6.10 Å². The lowest BCUT2D eigenvalue weighted by Crippen LogP contribution is -2.53. The SMILES string of the molecule is Cc1cc(C)c(CC(=O)N[C@@H]2CCNC[C@H]2O)c(C)c1. The van der Waals surface area contributed by atoms with Crippen LogP contribution in [0.1, 0.15) is 28.7 Å². The summed E-state index contributed by atoms with van der Waals surface area (Å²) in [5.74, 6) is -0.00833. The van der Waals surface area contributed by atoms with Gasteiger partial charge >= 0.3 is 0 Å². The third kappa shape index (κ3) is 3.58. The van der Waals surface area contributed by atoms with E-state index in [1.165, 1.54) is 5.56 Å². The summed E-state index contributed by atoms with van der Waals surface area (Å²) in [5, 5.41) is 15.9. The Labute approximate surface area is 120 Å². The van der Waals surface area contributed by atoms with Crippen LogP contribution in [0.4, 0.5) is 0 Å². The van der Waals surface area contributed by atoms with Crippen molar-refractivity contribution >= 4 is 5.91 Å². The van der Waals surface area contributed by atoms with Crippen molar-refractivity contribution in [1.29, 1.82) is 0 Å². The summed E-state index contributed by atoms with van der Waals surface area (Å²) >= 11 is 0. The normalized spacial score (nSPS) is 22.6. The van der Waals surface area contributed by atoms with Gasteiger partial charge in [0.1, 0.15) is 0 Å². The predicted octanol–water partition coefficient (Wildman–Crippen LogP) is 0.993. The van der Waals surface area contributed by atoms with E-state index in [-0.39, 0.29) is 11.9 Å². The van der Waals surface area contributed by atoms with Gasteiger partial charge in [0.05, 0.1) is 18.6 Å². The Bertz CT molecular complexity index is 476. The number of hydrogen-bond acceptors (Lipinski definition) is 3. The van der Waals surface area contributed by atoms with E-state index >= 15 is 0 Å². The second-order valence-electron chi connectivity index (χ2n) is 5.79. The molecule has 3 N–H and O–H groups in total. The first-order valence-electron chi connectivity index (χ1n) is 7.22. The quantitative estimate of drug-likeness (QED) is 0.771. The lowest BCUT2D eigenvalue weighted by atomic mass is 9.96. The van der Waals surface area contributed by atoms with E-state index in [9.17, 15) is 9.90 Å². The second kappa shape index (κ2) is 6.37. The number of aryl methyl sites for hydroxylation is 3. The minimum absolute atomic E-state index is 0.00833. The van der Waals surface area contributed by atoms with Gasteiger partial charge in [-0.05, 0) is 50.4 Å². The molecule has 0 unspecified atom stereocenters. The van der Waals surface area contributed by atoms with Gasteiger partial charge in [0.25, 0.3) is 0 Å². The molecule has 2 rings (SSSR count). The Kier molecular flexibility index (Phi) is 4.78. The van der Waals surface area contributed by atoms with Gasteiger partial charge in [-0.15, -0.1) is 0 Å². The third-order valence-corrected chi connectivity index (χ3v) is 3.97. The molecule has 0 radical (unpaired) electrons. The molecule has 1 saturated heterocycles. The lowest BCUT2D eigenvalue weighted by Gasteiger charge is -2.29. The van der Waals surface area contributed by atoms with Crippen molar-refractivity contribution in [2.24, 2.45) is 0 Å². The number of aliphatic hydroxyl groups is 1. The summed E-state index contributed by atoms with van der Waals surface area (Å²) < 4.78 is 0. The smallest absolute Gasteiger partial charge is 0.224 e. The molecule has 1 fully saturated rings. The van der Waals surface area contributed by atoms with Crippen LogP contribution in [-0.2, 0) is 11.2 Å². The lowest BCUT2D eigenvalue weighted by molar-refractivity contribution is -0.122. The van der Waals surface area contributed by atoms with Crippen LogP contribution < -0.4 is 10.6 Å². The molecule has 1 aromatic rings. The fourth-order valence-corrected chi connectivity index (χ4v) is 2.92. The number of amides is 1. The number of piperidine rings is 1. The van der Waals surface area contributed by atoms with E-state index in [1.807, 2.05) is 13.8 Å². The van der Waals surface area contributed by atoms with Crippen LogP contribution in [0.15, 0.2) is 12.1 Å². The van der Waals surface area contributed by atoms with Crippen LogP contribution in [-0.4, -0.2) is 36.2 Å². The zero-order chi connectivity index (χ0) is 14.7. The third-order valence-electron chi connectivity index (χ3n) is 3.97. The van der Waals surface area contributed by atoms with Crippen LogP contribution in [0.5, 0.6) is 0 Å². The standard InChI is InChI=1S/C16H24N2O2/c1-10-6-11(2)13(12(3)7-10)8-16(20)18-14-4-5-17-9-15(14)19/h6-7,14-15,17,19H,4-5,8-9H2,1-3H3,(H,18,20)/t14-,15-/m1/s1. The van der Waals surface area contributed by atoms with Crippen molar-refractivity contribution in [3.8, 4) is 0 Å². The first-order valence-corrected chi connectivity index (χ1v) is 7.22. The number of nitrogens with one attached hydrogen (secondary N) is 2. The summed E-state index contributed by atoms with van der Waals surface area (Å²) in [7, 11) is 0. The number of rotatable bonds is 3. The van der Waals surface area contributed by atoms with Crippen LogP contribution in [0.25, 0.3) is 0 Å². The maximum absolute atomic E-state index is 12.2. The Hall–Kier alpha value is -1.39. The zero-order valence-electron chi connectivity index (χ0n) is 12.5. The molecule has 1 aliphatic rings. The molecule has 1 aromatic carbocycles. The summed E-state index contributed by atoms with van der Waals surface area (Å²) in [6.45, 7) is 7.54. The van der Waals surface area contributed by atoms with Gasteiger partial charge in [-0.2, -0.15) is 0 Å². The van der Waals surface area contributed by atoms with Gasteiger partial charge in [0.2, 0.25) is 5.91 Å². The number of carbonyl (C=O) groups excluding carboxylic acids is 1. The molecule has 1 amide bonds. The first-order chi connectivity index (χ1) is 9.47. The van der Waals surface area contributed by atoms with Crippen molar-refractivity contribution < 1.29 is 9.90 Å². The summed E-state index contributed by atoms with van der Waals surface area (Å²) in [6.07, 6.45) is 0.667. The molecule has 1 aliphatic heterocycles. The Balaban J connectivity index is 2.01. The Morgan fingerprint density at radius 3 is 2.60 bits per heavy atom. The predicted molar refractivity (Wildman–Crippen MR) is 79.8 cm³/mol. The average molecular weight is 276 g/mol. The van der Waals surface area contributed by atoms with E-state index in [1.54, 1.807) is 0 Å². The number of β-amino-alcohol motifs (C(OH)–C–C–N with tert-alkyl or cyclic N) is 1. The van der Waals surface area contributed by atoms with E-state index in [2.05, 4.69) is 29.7 Å². The molecule has 0 aliphatic carbocycles. The highest BCUT2D eigenvalue weighted by atomic mass is 16.3. The van der Waals surface area contributed by atoms with Crippen LogP contribution in [0, 0.1) is 20.8 Å². The summed E-state index contributed by atoms with van der Waals surface area (Å²) in [4.78, 5) is 12.2. The van der Waals surface area contributed by atoms with Gasteiger partial charge in [0, 0.05) is 6.54 Å². The van der Waals surface area contributed by atoms with Crippen LogP contribution in [0.2, 0.25) is 0 Å². The maximum atomic E-state index is 12.2. The highest BCUT2D eigenvalue weighted by molar-refractivity contribution is 5.79. The largest absolute Gasteiger partial charge is 0.390 e. The Morgan fingerprint density at radius 1 is 1.35 bits per heavy atom. The number of benzene rings is 1. The molecular formula is C16H24N2O2. The molecule has 1 heterocycles. The van der Waals surface area contributed by atoms with Gasteiger partial charge in [-0.3, -0.25) is 4.79 Å². The molecule has 0 saturated carbocycles. The molecule has 0 bridgehead atoms. The molecular weight excluding hydrogens is 252 g/mol. The van der Waals surface area contributed by atoms with E-state index in [0.29, 0.717) is 13.0 Å². The topological polar surface area (TPSA) is 61.4 Å². The van der Waals surface area contributed by atoms with E-state index in [4.69, 9.17) is 0 Å². The number of carbonyl (C=O) groups is 1. The summed E-state index contributed by atoms with van der Waals surface area (Å²) in [6, 6.07) is 4.08. The Morgan fingerprint density at radius 2 is 2.00 bits per heavy atom. The highest BCUT2D eigenvalue weighted by Gasteiger charge is 2.24. The molecule has 4 heteroatoms. The minimum atomic E-state index is -0.493. The molecule has 110 valence electrons. The highest BCUT2D eigenvalue weighted by Crippen LogP contribution is 2.17.